The Kier molecular flexibility index (Phi) is 11.8. The van der Waals surface area contributed by atoms with E-state index in [9.17, 15) is 14.9 Å². The number of carbonyl (C=O) groups excluding carboxylic acids is 2. The topological polar surface area (TPSA) is 149 Å². The third-order valence-electron chi connectivity index (χ3n) is 8.17. The van der Waals surface area contributed by atoms with Gasteiger partial charge in [-0.15, -0.1) is 0 Å². The maximum Gasteiger partial charge on any atom is 0.247 e. The molecule has 48 heavy (non-hydrogen) atoms. The van der Waals surface area contributed by atoms with E-state index in [0.29, 0.717) is 13.0 Å². The zero-order chi connectivity index (χ0) is 33.7. The van der Waals surface area contributed by atoms with Crippen LogP contribution in [-0.2, 0) is 9.59 Å². The Bertz CT molecular complexity index is 1910. The summed E-state index contributed by atoms with van der Waals surface area (Å²) < 4.78 is 0. The van der Waals surface area contributed by atoms with Crippen molar-refractivity contribution in [1.82, 2.24) is 15.1 Å². The highest BCUT2D eigenvalue weighted by Crippen LogP contribution is 2.21. The van der Waals surface area contributed by atoms with Crippen LogP contribution in [0.15, 0.2) is 94.9 Å². The van der Waals surface area contributed by atoms with Crippen molar-refractivity contribution in [3.63, 3.8) is 0 Å². The van der Waals surface area contributed by atoms with E-state index >= 15 is 0 Å². The Morgan fingerprint density at radius 1 is 0.854 bits per heavy atom. The summed E-state index contributed by atoms with van der Waals surface area (Å²) >= 11 is 4.90. The van der Waals surface area contributed by atoms with E-state index in [1.165, 1.54) is 5.39 Å². The summed E-state index contributed by atoms with van der Waals surface area (Å²) in [5.41, 5.74) is 1.63. The molecule has 4 aromatic rings. The van der Waals surface area contributed by atoms with Crippen LogP contribution in [0.4, 0.5) is 11.4 Å². The minimum atomic E-state index is -0.632. The molecule has 2 fully saturated rings. The van der Waals surface area contributed by atoms with Gasteiger partial charge in [0.05, 0.1) is 12.6 Å². The van der Waals surface area contributed by atoms with Gasteiger partial charge in [0.15, 0.2) is 6.19 Å². The maximum atomic E-state index is 13.2. The number of benzene rings is 4. The summed E-state index contributed by atoms with van der Waals surface area (Å²) in [6.07, 6.45) is 6.21. The van der Waals surface area contributed by atoms with E-state index < -0.39 is 6.04 Å². The molecule has 0 saturated carbocycles. The van der Waals surface area contributed by atoms with Crippen LogP contribution < -0.4 is 16.0 Å². The number of nitrogens with one attached hydrogen (secondary N) is 4. The molecule has 1 atom stereocenters. The highest BCUT2D eigenvalue weighted by molar-refractivity contribution is 7.80. The summed E-state index contributed by atoms with van der Waals surface area (Å²) in [6, 6.07) is 29.1. The highest BCUT2D eigenvalue weighted by Gasteiger charge is 2.30. The molecule has 0 bridgehead atoms. The van der Waals surface area contributed by atoms with Gasteiger partial charge < -0.3 is 20.4 Å². The monoisotopic (exact) mass is 659 g/mol. The van der Waals surface area contributed by atoms with Gasteiger partial charge in [0, 0.05) is 31.0 Å². The van der Waals surface area contributed by atoms with Crippen molar-refractivity contribution in [2.24, 2.45) is 9.98 Å². The van der Waals surface area contributed by atoms with Crippen molar-refractivity contribution in [2.45, 2.75) is 38.1 Å². The molecule has 1 unspecified atom stereocenters. The van der Waals surface area contributed by atoms with Crippen molar-refractivity contribution < 1.29 is 9.59 Å². The van der Waals surface area contributed by atoms with Gasteiger partial charge in [-0.3, -0.25) is 14.9 Å². The van der Waals surface area contributed by atoms with E-state index in [-0.39, 0.29) is 29.4 Å². The first-order valence-corrected chi connectivity index (χ1v) is 16.3. The number of fused-ring (bicyclic) bond motifs is 2. The summed E-state index contributed by atoms with van der Waals surface area (Å²) in [6.45, 7) is 2.20. The number of rotatable bonds is 5. The first-order valence-electron chi connectivity index (χ1n) is 15.9. The number of nitrogens with zero attached hydrogens (tertiary/aromatic N) is 5. The standard InChI is InChI=1S/C24H28N6O2.C12H9N3S/c25-17-26-24(27-20-11-10-18-7-1-2-8-19(18)15-20)28-21-9-3-4-14-30(23(21)32)16-22(31)29-12-5-6-13-29;13-8-14-12(16)15-11-6-5-9-3-1-2-4-10(9)7-11/h1-2,7-8,10-11,15,21H,3-6,9,12-14,16H2,(H2,26,27,28);1-7,13H,(H,15,16). The van der Waals surface area contributed by atoms with Gasteiger partial charge in [-0.05, 0) is 90.1 Å². The van der Waals surface area contributed by atoms with E-state index in [0.717, 1.165) is 66.3 Å². The number of aliphatic imine (C=N–C) groups is 2. The second kappa shape index (κ2) is 16.8. The van der Waals surface area contributed by atoms with Crippen LogP contribution in [0.1, 0.15) is 32.1 Å². The predicted molar refractivity (Wildman–Crippen MR) is 194 cm³/mol. The molecular weight excluding hydrogens is 623 g/mol. The molecular formula is C36H37N9O2S. The lowest BCUT2D eigenvalue weighted by Gasteiger charge is -2.25. The molecule has 0 radical (unpaired) electrons. The van der Waals surface area contributed by atoms with Gasteiger partial charge in [0.25, 0.3) is 0 Å². The molecule has 2 heterocycles. The number of carbonyl (C=O) groups is 2. The molecule has 2 saturated heterocycles. The van der Waals surface area contributed by atoms with Crippen molar-refractivity contribution in [3.05, 3.63) is 84.9 Å². The average Bonchev–Trinajstić information content (AvgIpc) is 3.59. The van der Waals surface area contributed by atoms with Crippen molar-refractivity contribution in [3.8, 4) is 6.19 Å². The van der Waals surface area contributed by atoms with Crippen molar-refractivity contribution in [2.75, 3.05) is 36.8 Å². The van der Waals surface area contributed by atoms with Crippen LogP contribution in [0.5, 0.6) is 0 Å². The molecule has 4 N–H and O–H groups in total. The lowest BCUT2D eigenvalue weighted by molar-refractivity contribution is -0.140. The molecule has 0 aliphatic carbocycles. The number of amides is 2. The van der Waals surface area contributed by atoms with Gasteiger partial charge in [0.2, 0.25) is 22.9 Å². The van der Waals surface area contributed by atoms with E-state index in [1.54, 1.807) is 4.90 Å². The van der Waals surface area contributed by atoms with Crippen LogP contribution in [0, 0.1) is 16.9 Å². The Morgan fingerprint density at radius 3 is 2.04 bits per heavy atom. The maximum absolute atomic E-state index is 13.2. The highest BCUT2D eigenvalue weighted by atomic mass is 32.1. The normalized spacial score (nSPS) is 16.2. The van der Waals surface area contributed by atoms with Crippen LogP contribution in [0.2, 0.25) is 0 Å². The minimum Gasteiger partial charge on any atom is -0.341 e. The SMILES string of the molecule is N#CNC(=NC1CCCCN(CC(=O)N2CCCC2)C1=O)Nc1ccc2ccccc2c1.N=C=NC(=S)Nc1ccc2ccccc2c1. The number of hydrogen-bond acceptors (Lipinski definition) is 6. The lowest BCUT2D eigenvalue weighted by Crippen LogP contribution is -2.45. The Hall–Kier alpha value is -5.63. The fraction of sp³-hybridized carbons (Fsp3) is 0.278. The summed E-state index contributed by atoms with van der Waals surface area (Å²) in [7, 11) is 0. The van der Waals surface area contributed by atoms with Gasteiger partial charge in [-0.1, -0.05) is 60.7 Å². The van der Waals surface area contributed by atoms with Crippen LogP contribution in [-0.4, -0.2) is 70.9 Å². The molecule has 2 amide bonds. The Morgan fingerprint density at radius 2 is 1.44 bits per heavy atom. The molecule has 12 heteroatoms. The molecule has 6 rings (SSSR count). The molecule has 11 nitrogen and oxygen atoms in total. The van der Waals surface area contributed by atoms with Gasteiger partial charge >= 0.3 is 0 Å². The van der Waals surface area contributed by atoms with Crippen molar-refractivity contribution >= 4 is 74.0 Å². The summed E-state index contributed by atoms with van der Waals surface area (Å²) in [5, 5.41) is 29.2. The number of guanidine groups is 1. The number of thiocarbonyl (C=S) groups is 1. The second-order valence-corrected chi connectivity index (χ2v) is 11.9. The Balaban J connectivity index is 0.000000236. The average molecular weight is 660 g/mol. The molecule has 2 aliphatic heterocycles. The molecule has 4 aromatic carbocycles. The third kappa shape index (κ3) is 9.22. The molecule has 2 aliphatic rings. The zero-order valence-corrected chi connectivity index (χ0v) is 27.3. The van der Waals surface area contributed by atoms with Crippen LogP contribution in [0.3, 0.4) is 0 Å². The molecule has 244 valence electrons. The minimum absolute atomic E-state index is 0.00476. The number of hydrogen-bond donors (Lipinski definition) is 4. The smallest absolute Gasteiger partial charge is 0.247 e. The first kappa shape index (κ1) is 33.7. The predicted octanol–water partition coefficient (Wildman–Crippen LogP) is 5.97. The number of nitriles is 1. The fourth-order valence-corrected chi connectivity index (χ4v) is 5.93. The van der Waals surface area contributed by atoms with Gasteiger partial charge in [-0.2, -0.15) is 10.3 Å². The summed E-state index contributed by atoms with van der Waals surface area (Å²) in [5.74, 6) is 0.0755. The number of anilines is 2. The second-order valence-electron chi connectivity index (χ2n) is 11.5. The largest absolute Gasteiger partial charge is 0.341 e. The van der Waals surface area contributed by atoms with E-state index in [2.05, 4.69) is 25.9 Å². The third-order valence-corrected chi connectivity index (χ3v) is 8.36. The van der Waals surface area contributed by atoms with E-state index in [4.69, 9.17) is 17.6 Å². The first-order chi connectivity index (χ1) is 23.4. The Labute approximate surface area is 284 Å². The molecule has 0 aromatic heterocycles. The van der Waals surface area contributed by atoms with Crippen LogP contribution >= 0.6 is 12.2 Å². The van der Waals surface area contributed by atoms with E-state index in [1.807, 2.05) is 102 Å². The summed E-state index contributed by atoms with van der Waals surface area (Å²) in [4.78, 5) is 37.3. The lowest BCUT2D eigenvalue weighted by atomic mass is 10.1. The van der Waals surface area contributed by atoms with Crippen LogP contribution in [0.25, 0.3) is 21.5 Å². The quantitative estimate of drug-likeness (QED) is 0.0678. The fourth-order valence-electron chi connectivity index (χ4n) is 5.77. The zero-order valence-electron chi connectivity index (χ0n) is 26.5. The molecule has 0 spiro atoms. The number of likely N-dealkylation sites (tertiary alicyclic amines) is 2. The van der Waals surface area contributed by atoms with Crippen molar-refractivity contribution in [1.29, 1.82) is 10.7 Å². The van der Waals surface area contributed by atoms with Gasteiger partial charge in [0.1, 0.15) is 6.04 Å². The van der Waals surface area contributed by atoms with Gasteiger partial charge in [-0.25, -0.2) is 10.4 Å².